The van der Waals surface area contributed by atoms with E-state index in [2.05, 4.69) is 0 Å². The highest BCUT2D eigenvalue weighted by atomic mass is 35.5. The van der Waals surface area contributed by atoms with Crippen LogP contribution in [0.5, 0.6) is 5.75 Å². The molecule has 1 fully saturated rings. The number of ether oxygens (including phenoxy) is 1. The summed E-state index contributed by atoms with van der Waals surface area (Å²) in [7, 11) is 1.21. The molecule has 1 amide bonds. The summed E-state index contributed by atoms with van der Waals surface area (Å²) in [6.07, 6.45) is 0.623. The minimum Gasteiger partial charge on any atom is -0.493 e. The Morgan fingerprint density at radius 1 is 1.36 bits per heavy atom. The number of carbonyl (C=O) groups is 1. The number of rotatable bonds is 2. The maximum Gasteiger partial charge on any atom is 0.260 e. The largest absolute Gasteiger partial charge is 0.493 e. The molecule has 1 aliphatic heterocycles. The lowest BCUT2D eigenvalue weighted by atomic mass is 9.79. The van der Waals surface area contributed by atoms with Crippen LogP contribution in [0.25, 0.3) is 0 Å². The van der Waals surface area contributed by atoms with Crippen LogP contribution in [-0.4, -0.2) is 37.0 Å². The Morgan fingerprint density at radius 3 is 2.50 bits per heavy atom. The van der Waals surface area contributed by atoms with E-state index in [9.17, 15) is 13.6 Å². The number of hydrogen-bond donors (Lipinski definition) is 1. The van der Waals surface area contributed by atoms with Crippen molar-refractivity contribution in [1.82, 2.24) is 4.90 Å². The number of carbonyl (C=O) groups excluding carboxylic acids is 1. The van der Waals surface area contributed by atoms with Crippen molar-refractivity contribution in [2.24, 2.45) is 11.1 Å². The summed E-state index contributed by atoms with van der Waals surface area (Å²) < 4.78 is 32.5. The van der Waals surface area contributed by atoms with Crippen molar-refractivity contribution in [3.8, 4) is 5.75 Å². The van der Waals surface area contributed by atoms with Gasteiger partial charge in [-0.05, 0) is 24.0 Å². The minimum absolute atomic E-state index is 0. The molecular weight excluding hydrogens is 314 g/mol. The predicted molar refractivity (Wildman–Crippen MR) is 82.4 cm³/mol. The molecule has 124 valence electrons. The molecule has 1 aromatic rings. The highest BCUT2D eigenvalue weighted by Gasteiger charge is 2.37. The van der Waals surface area contributed by atoms with Crippen LogP contribution in [0.4, 0.5) is 8.78 Å². The second-order valence-corrected chi connectivity index (χ2v) is 6.05. The molecule has 0 aliphatic carbocycles. The lowest BCUT2D eigenvalue weighted by molar-refractivity contribution is 0.0524. The monoisotopic (exact) mass is 334 g/mol. The van der Waals surface area contributed by atoms with Crippen molar-refractivity contribution in [1.29, 1.82) is 0 Å². The van der Waals surface area contributed by atoms with Crippen LogP contribution in [-0.2, 0) is 0 Å². The van der Waals surface area contributed by atoms with Crippen molar-refractivity contribution in [2.45, 2.75) is 26.3 Å². The lowest BCUT2D eigenvalue weighted by Crippen LogP contribution is -2.54. The quantitative estimate of drug-likeness (QED) is 0.904. The number of likely N-dealkylation sites (tertiary alicyclic amines) is 1. The molecule has 1 saturated heterocycles. The fourth-order valence-electron chi connectivity index (χ4n) is 2.64. The minimum atomic E-state index is -0.786. The summed E-state index contributed by atoms with van der Waals surface area (Å²) in [4.78, 5) is 14.0. The molecule has 1 atom stereocenters. The van der Waals surface area contributed by atoms with Crippen molar-refractivity contribution in [2.75, 3.05) is 20.2 Å². The highest BCUT2D eigenvalue weighted by Crippen LogP contribution is 2.32. The SMILES string of the molecule is COc1c(F)ccc(F)c1C(=O)N1CCC(N)C(C)(C)C1.Cl. The Hall–Kier alpha value is -1.40. The maximum absolute atomic E-state index is 14.0. The number of nitrogens with zero attached hydrogens (tertiary/aromatic N) is 1. The Bertz CT molecular complexity index is 567. The van der Waals surface area contributed by atoms with Crippen molar-refractivity contribution < 1.29 is 18.3 Å². The number of methoxy groups -OCH3 is 1. The first-order chi connectivity index (χ1) is 9.77. The van der Waals surface area contributed by atoms with Crippen LogP contribution >= 0.6 is 12.4 Å². The zero-order valence-corrected chi connectivity index (χ0v) is 13.7. The molecule has 1 aromatic carbocycles. The summed E-state index contributed by atoms with van der Waals surface area (Å²) in [6.45, 7) is 4.72. The molecule has 2 N–H and O–H groups in total. The molecule has 2 rings (SSSR count). The number of nitrogens with two attached hydrogens (primary N) is 1. The highest BCUT2D eigenvalue weighted by molar-refractivity contribution is 5.97. The number of piperidine rings is 1. The molecule has 4 nitrogen and oxygen atoms in total. The van der Waals surface area contributed by atoms with Crippen LogP contribution in [0.2, 0.25) is 0 Å². The molecule has 0 bridgehead atoms. The zero-order valence-electron chi connectivity index (χ0n) is 12.9. The molecule has 1 aliphatic rings. The van der Waals surface area contributed by atoms with E-state index < -0.39 is 17.5 Å². The van der Waals surface area contributed by atoms with Gasteiger partial charge in [-0.2, -0.15) is 0 Å². The van der Waals surface area contributed by atoms with Gasteiger partial charge in [0, 0.05) is 19.1 Å². The van der Waals surface area contributed by atoms with Gasteiger partial charge in [0.05, 0.1) is 7.11 Å². The molecule has 22 heavy (non-hydrogen) atoms. The van der Waals surface area contributed by atoms with Crippen LogP contribution in [0, 0.1) is 17.0 Å². The molecule has 0 aromatic heterocycles. The van der Waals surface area contributed by atoms with Crippen molar-refractivity contribution >= 4 is 18.3 Å². The average Bonchev–Trinajstić information content (AvgIpc) is 2.43. The molecule has 0 spiro atoms. The Kier molecular flexibility index (Phi) is 5.76. The summed E-state index contributed by atoms with van der Waals surface area (Å²) >= 11 is 0. The van der Waals surface area contributed by atoms with Crippen molar-refractivity contribution in [3.63, 3.8) is 0 Å². The number of halogens is 3. The third-order valence-electron chi connectivity index (χ3n) is 4.08. The summed E-state index contributed by atoms with van der Waals surface area (Å²) in [5.74, 6) is -2.46. The van der Waals surface area contributed by atoms with Gasteiger partial charge in [0.1, 0.15) is 11.4 Å². The first kappa shape index (κ1) is 18.6. The standard InChI is InChI=1S/C15H20F2N2O2.ClH/c1-15(2)8-19(7-6-11(15)18)14(20)12-9(16)4-5-10(17)13(12)21-3;/h4-5,11H,6-8,18H2,1-3H3;1H. The van der Waals surface area contributed by atoms with Gasteiger partial charge in [0.15, 0.2) is 11.6 Å². The molecular formula is C15H21ClF2N2O2. The van der Waals surface area contributed by atoms with Gasteiger partial charge in [0.2, 0.25) is 0 Å². The van der Waals surface area contributed by atoms with E-state index in [1.807, 2.05) is 13.8 Å². The van der Waals surface area contributed by atoms with E-state index in [-0.39, 0.29) is 35.2 Å². The second kappa shape index (κ2) is 6.79. The van der Waals surface area contributed by atoms with E-state index in [1.54, 1.807) is 0 Å². The van der Waals surface area contributed by atoms with Crippen LogP contribution < -0.4 is 10.5 Å². The van der Waals surface area contributed by atoms with Gasteiger partial charge in [0.25, 0.3) is 5.91 Å². The Morgan fingerprint density at radius 2 is 1.95 bits per heavy atom. The van der Waals surface area contributed by atoms with Gasteiger partial charge < -0.3 is 15.4 Å². The lowest BCUT2D eigenvalue weighted by Gasteiger charge is -2.42. The normalized spacial score (nSPS) is 20.3. The van der Waals surface area contributed by atoms with Crippen LogP contribution in [0.3, 0.4) is 0 Å². The second-order valence-electron chi connectivity index (χ2n) is 6.05. The van der Waals surface area contributed by atoms with Gasteiger partial charge in [-0.3, -0.25) is 4.79 Å². The van der Waals surface area contributed by atoms with Gasteiger partial charge in [-0.1, -0.05) is 13.8 Å². The smallest absolute Gasteiger partial charge is 0.260 e. The molecule has 1 heterocycles. The van der Waals surface area contributed by atoms with Gasteiger partial charge >= 0.3 is 0 Å². The Labute approximate surface area is 135 Å². The van der Waals surface area contributed by atoms with E-state index >= 15 is 0 Å². The van der Waals surface area contributed by atoms with Crippen LogP contribution in [0.1, 0.15) is 30.6 Å². The third kappa shape index (κ3) is 3.33. The predicted octanol–water partition coefficient (Wildman–Crippen LogP) is 2.59. The third-order valence-corrected chi connectivity index (χ3v) is 4.08. The van der Waals surface area contributed by atoms with Gasteiger partial charge in [-0.25, -0.2) is 8.78 Å². The van der Waals surface area contributed by atoms with E-state index in [0.29, 0.717) is 19.5 Å². The number of amides is 1. The number of benzene rings is 1. The number of hydrogen-bond acceptors (Lipinski definition) is 3. The van der Waals surface area contributed by atoms with Crippen molar-refractivity contribution in [3.05, 3.63) is 29.3 Å². The Balaban J connectivity index is 0.00000242. The molecule has 0 saturated carbocycles. The summed E-state index contributed by atoms with van der Waals surface area (Å²) in [5.41, 5.74) is 5.40. The zero-order chi connectivity index (χ0) is 15.8. The summed E-state index contributed by atoms with van der Waals surface area (Å²) in [6, 6.07) is 1.85. The first-order valence-corrected chi connectivity index (χ1v) is 6.85. The van der Waals surface area contributed by atoms with Gasteiger partial charge in [-0.15, -0.1) is 12.4 Å². The topological polar surface area (TPSA) is 55.6 Å². The van der Waals surface area contributed by atoms with E-state index in [4.69, 9.17) is 10.5 Å². The van der Waals surface area contributed by atoms with Crippen LogP contribution in [0.15, 0.2) is 12.1 Å². The summed E-state index contributed by atoms with van der Waals surface area (Å²) in [5, 5.41) is 0. The fourth-order valence-corrected chi connectivity index (χ4v) is 2.64. The molecule has 1 unspecified atom stereocenters. The fraction of sp³-hybridized carbons (Fsp3) is 0.533. The van der Waals surface area contributed by atoms with E-state index in [1.165, 1.54) is 12.0 Å². The first-order valence-electron chi connectivity index (χ1n) is 6.85. The van der Waals surface area contributed by atoms with E-state index in [0.717, 1.165) is 12.1 Å². The molecule has 7 heteroatoms. The maximum atomic E-state index is 14.0. The molecule has 0 radical (unpaired) electrons. The average molecular weight is 335 g/mol.